The van der Waals surface area contributed by atoms with Crippen LogP contribution in [0.1, 0.15) is 0 Å². The summed E-state index contributed by atoms with van der Waals surface area (Å²) in [4.78, 5) is 33.4. The van der Waals surface area contributed by atoms with Crippen LogP contribution in [0.3, 0.4) is 0 Å². The topological polar surface area (TPSA) is 112 Å². The van der Waals surface area contributed by atoms with E-state index >= 15 is 0 Å². The summed E-state index contributed by atoms with van der Waals surface area (Å²) in [7, 11) is 0. The monoisotopic (exact) mass is 214 g/mol. The highest BCUT2D eigenvalue weighted by molar-refractivity contribution is 6.17. The van der Waals surface area contributed by atoms with E-state index in [0.717, 1.165) is 0 Å². The van der Waals surface area contributed by atoms with E-state index in [0.29, 0.717) is 0 Å². The standard InChI is InChI=1S/C3HCl2N3O3.H3N/c4-7-1(9)6-2(10)8(5)3(7)11;/h(H,6,9,10);1H3. The molecule has 1 aromatic heterocycles. The molecule has 0 aliphatic rings. The number of hydrogen-bond acceptors (Lipinski definition) is 4. The molecule has 1 heterocycles. The van der Waals surface area contributed by atoms with Crippen molar-refractivity contribution in [3.8, 4) is 0 Å². The van der Waals surface area contributed by atoms with Gasteiger partial charge in [-0.3, -0.25) is 4.98 Å². The van der Waals surface area contributed by atoms with Gasteiger partial charge in [0.1, 0.15) is 0 Å². The van der Waals surface area contributed by atoms with Gasteiger partial charge >= 0.3 is 17.1 Å². The van der Waals surface area contributed by atoms with Crippen molar-refractivity contribution in [1.82, 2.24) is 19.3 Å². The second-order valence-electron chi connectivity index (χ2n) is 1.58. The van der Waals surface area contributed by atoms with Crippen LogP contribution >= 0.6 is 23.6 Å². The number of aromatic amines is 1. The summed E-state index contributed by atoms with van der Waals surface area (Å²) in [6.45, 7) is 0. The lowest BCUT2D eigenvalue weighted by molar-refractivity contribution is 0.804. The summed E-state index contributed by atoms with van der Waals surface area (Å²) in [5, 5.41) is 0. The van der Waals surface area contributed by atoms with Crippen molar-refractivity contribution in [3.63, 3.8) is 0 Å². The van der Waals surface area contributed by atoms with Crippen LogP contribution in [0.4, 0.5) is 0 Å². The fourth-order valence-electron chi connectivity index (χ4n) is 0.440. The first-order chi connectivity index (χ1) is 5.04. The molecule has 4 N–H and O–H groups in total. The van der Waals surface area contributed by atoms with E-state index in [9.17, 15) is 14.4 Å². The summed E-state index contributed by atoms with van der Waals surface area (Å²) in [6.07, 6.45) is 0. The van der Waals surface area contributed by atoms with Crippen LogP contribution in [0.15, 0.2) is 14.4 Å². The summed E-state index contributed by atoms with van der Waals surface area (Å²) in [6, 6.07) is 0. The molecule has 68 valence electrons. The Morgan fingerprint density at radius 3 is 1.67 bits per heavy atom. The minimum Gasteiger partial charge on any atom is -0.344 e. The van der Waals surface area contributed by atoms with Crippen molar-refractivity contribution in [1.29, 1.82) is 0 Å². The minimum absolute atomic E-state index is 0. The smallest absolute Gasteiger partial charge is 0.344 e. The number of nitrogens with zero attached hydrogens (tertiary/aromatic N) is 2. The Kier molecular flexibility index (Phi) is 3.25. The fraction of sp³-hybridized carbons (Fsp3) is 0. The molecule has 0 spiro atoms. The maximum absolute atomic E-state index is 10.7. The van der Waals surface area contributed by atoms with Crippen LogP contribution in [-0.2, 0) is 0 Å². The molecule has 0 fully saturated rings. The number of halogens is 2. The molecule has 1 rings (SSSR count). The van der Waals surface area contributed by atoms with Crippen LogP contribution in [0.25, 0.3) is 0 Å². The van der Waals surface area contributed by atoms with Crippen molar-refractivity contribution in [2.45, 2.75) is 0 Å². The van der Waals surface area contributed by atoms with Crippen LogP contribution in [0.2, 0.25) is 0 Å². The Balaban J connectivity index is 0.00000121. The summed E-state index contributed by atoms with van der Waals surface area (Å²) >= 11 is 10.1. The Labute approximate surface area is 75.0 Å². The molecular formula is C3H4Cl2N4O3. The van der Waals surface area contributed by atoms with E-state index in [1.807, 2.05) is 0 Å². The average molecular weight is 215 g/mol. The van der Waals surface area contributed by atoms with E-state index in [1.54, 1.807) is 4.98 Å². The molecule has 7 nitrogen and oxygen atoms in total. The van der Waals surface area contributed by atoms with E-state index in [-0.39, 0.29) is 14.3 Å². The maximum atomic E-state index is 10.7. The average Bonchev–Trinajstić information content (AvgIpc) is 1.97. The molecule has 0 aliphatic carbocycles. The van der Waals surface area contributed by atoms with Crippen LogP contribution < -0.4 is 23.2 Å². The molecular weight excluding hydrogens is 211 g/mol. The van der Waals surface area contributed by atoms with Gasteiger partial charge in [-0.25, -0.2) is 14.4 Å². The zero-order valence-corrected chi connectivity index (χ0v) is 7.09. The van der Waals surface area contributed by atoms with Gasteiger partial charge in [0.25, 0.3) is 0 Å². The molecule has 0 aliphatic heterocycles. The molecule has 0 radical (unpaired) electrons. The summed E-state index contributed by atoms with van der Waals surface area (Å²) in [5.41, 5.74) is -3.13. The van der Waals surface area contributed by atoms with Gasteiger partial charge in [-0.15, -0.1) is 8.17 Å². The van der Waals surface area contributed by atoms with E-state index in [2.05, 4.69) is 0 Å². The van der Waals surface area contributed by atoms with Crippen molar-refractivity contribution in [2.24, 2.45) is 0 Å². The Bertz CT molecular complexity index is 405. The highest BCUT2D eigenvalue weighted by atomic mass is 35.5. The third-order valence-corrected chi connectivity index (χ3v) is 1.50. The lowest BCUT2D eigenvalue weighted by atomic mass is 11.0. The number of H-pyrrole nitrogens is 1. The van der Waals surface area contributed by atoms with Gasteiger partial charge in [-0.2, -0.15) is 0 Å². The SMILES string of the molecule is N.O=c1[nH]c(=O)n(Cl)c(=O)n1Cl. The van der Waals surface area contributed by atoms with Crippen molar-refractivity contribution in [3.05, 3.63) is 31.5 Å². The largest absolute Gasteiger partial charge is 0.366 e. The van der Waals surface area contributed by atoms with E-state index in [4.69, 9.17) is 23.6 Å². The molecule has 0 bridgehead atoms. The second kappa shape index (κ2) is 3.57. The molecule has 0 saturated heterocycles. The number of aromatic nitrogens is 3. The lowest BCUT2D eigenvalue weighted by Crippen LogP contribution is -2.43. The highest BCUT2D eigenvalue weighted by Gasteiger charge is 2.04. The predicted octanol–water partition coefficient (Wildman–Crippen LogP) is -1.14. The van der Waals surface area contributed by atoms with Crippen LogP contribution in [-0.4, -0.2) is 13.2 Å². The number of nitrogens with one attached hydrogen (secondary N) is 1. The fourth-order valence-corrected chi connectivity index (χ4v) is 0.715. The van der Waals surface area contributed by atoms with E-state index in [1.165, 1.54) is 0 Å². The molecule has 0 saturated carbocycles. The van der Waals surface area contributed by atoms with Gasteiger partial charge in [0, 0.05) is 23.6 Å². The van der Waals surface area contributed by atoms with Gasteiger partial charge in [-0.1, -0.05) is 0 Å². The lowest BCUT2D eigenvalue weighted by Gasteiger charge is -1.91. The first-order valence-electron chi connectivity index (χ1n) is 2.34. The summed E-state index contributed by atoms with van der Waals surface area (Å²) < 4.78 is 0.322. The molecule has 0 amide bonds. The third kappa shape index (κ3) is 1.58. The first-order valence-corrected chi connectivity index (χ1v) is 3.02. The molecule has 0 unspecified atom stereocenters. The van der Waals surface area contributed by atoms with Crippen LogP contribution in [0, 0.1) is 0 Å². The van der Waals surface area contributed by atoms with Crippen LogP contribution in [0.5, 0.6) is 0 Å². The molecule has 0 aromatic carbocycles. The maximum Gasteiger partial charge on any atom is 0.366 e. The van der Waals surface area contributed by atoms with Gasteiger partial charge in [0.2, 0.25) is 0 Å². The number of rotatable bonds is 0. The Morgan fingerprint density at radius 2 is 1.33 bits per heavy atom. The van der Waals surface area contributed by atoms with Gasteiger partial charge in [-0.05, 0) is 0 Å². The van der Waals surface area contributed by atoms with Crippen molar-refractivity contribution >= 4 is 23.6 Å². The molecule has 12 heavy (non-hydrogen) atoms. The minimum atomic E-state index is -1.10. The highest BCUT2D eigenvalue weighted by Crippen LogP contribution is 1.71. The first kappa shape index (κ1) is 11.0. The quantitative estimate of drug-likeness (QED) is 0.569. The zero-order chi connectivity index (χ0) is 8.59. The molecule has 9 heteroatoms. The predicted molar refractivity (Wildman–Crippen MR) is 43.1 cm³/mol. The Hall–Kier alpha value is -1.05. The summed E-state index contributed by atoms with van der Waals surface area (Å²) in [5.74, 6) is 0. The zero-order valence-electron chi connectivity index (χ0n) is 5.58. The second-order valence-corrected chi connectivity index (χ2v) is 2.26. The van der Waals surface area contributed by atoms with Crippen molar-refractivity contribution < 1.29 is 0 Å². The van der Waals surface area contributed by atoms with E-state index < -0.39 is 17.1 Å². The normalized spacial score (nSPS) is 9.17. The Morgan fingerprint density at radius 1 is 1.00 bits per heavy atom. The van der Waals surface area contributed by atoms with Gasteiger partial charge in [0.15, 0.2) is 0 Å². The number of hydrogen-bond donors (Lipinski definition) is 2. The molecule has 0 atom stereocenters. The van der Waals surface area contributed by atoms with Gasteiger partial charge in [0.05, 0.1) is 0 Å². The molecule has 1 aromatic rings. The third-order valence-electron chi connectivity index (χ3n) is 0.906. The van der Waals surface area contributed by atoms with Gasteiger partial charge < -0.3 is 6.15 Å². The van der Waals surface area contributed by atoms with Crippen molar-refractivity contribution in [2.75, 3.05) is 0 Å².